The lowest BCUT2D eigenvalue weighted by Gasteiger charge is -2.17. The summed E-state index contributed by atoms with van der Waals surface area (Å²) >= 11 is 3.18. The van der Waals surface area contributed by atoms with Crippen LogP contribution < -0.4 is 10.5 Å². The first-order chi connectivity index (χ1) is 7.62. The fraction of sp³-hybridized carbons (Fsp3) is 0.300. The summed E-state index contributed by atoms with van der Waals surface area (Å²) in [6, 6.07) is 5.97. The number of amides is 1. The van der Waals surface area contributed by atoms with E-state index in [1.807, 2.05) is 0 Å². The van der Waals surface area contributed by atoms with Crippen LogP contribution in [0.1, 0.15) is 13.8 Å². The van der Waals surface area contributed by atoms with Gasteiger partial charge in [-0.15, -0.1) is 0 Å². The monoisotopic (exact) mass is 320 g/mol. The fourth-order valence-electron chi connectivity index (χ4n) is 1.09. The summed E-state index contributed by atoms with van der Waals surface area (Å²) in [6.07, 6.45) is 0. The second kappa shape index (κ2) is 4.75. The highest BCUT2D eigenvalue weighted by Crippen LogP contribution is 2.23. The van der Waals surface area contributed by atoms with Crippen molar-refractivity contribution >= 4 is 37.5 Å². The molecular weight excluding hydrogens is 308 g/mol. The molecule has 0 aliphatic heterocycles. The molecule has 0 unspecified atom stereocenters. The second-order valence-electron chi connectivity index (χ2n) is 3.97. The third-order valence-electron chi connectivity index (χ3n) is 1.98. The number of nitrogens with one attached hydrogen (secondary N) is 1. The van der Waals surface area contributed by atoms with Gasteiger partial charge < -0.3 is 5.32 Å². The second-order valence-corrected chi connectivity index (χ2v) is 7.48. The summed E-state index contributed by atoms with van der Waals surface area (Å²) in [7, 11) is -3.85. The molecule has 0 saturated heterocycles. The van der Waals surface area contributed by atoms with Gasteiger partial charge in [0, 0.05) is 0 Å². The summed E-state index contributed by atoms with van der Waals surface area (Å²) < 4.78 is 21.8. The minimum atomic E-state index is -3.85. The number of halogens is 1. The van der Waals surface area contributed by atoms with Crippen LogP contribution in [0.25, 0.3) is 0 Å². The first-order valence-electron chi connectivity index (χ1n) is 4.74. The first-order valence-corrected chi connectivity index (χ1v) is 7.08. The van der Waals surface area contributed by atoms with Crippen molar-refractivity contribution in [3.05, 3.63) is 24.3 Å². The third kappa shape index (κ3) is 3.79. The lowest BCUT2D eigenvalue weighted by Crippen LogP contribution is -2.31. The number of para-hydroxylation sites is 1. The summed E-state index contributed by atoms with van der Waals surface area (Å²) in [6.45, 7) is 3.31. The number of hydrogen-bond acceptors (Lipinski definition) is 3. The Morgan fingerprint density at radius 1 is 1.35 bits per heavy atom. The van der Waals surface area contributed by atoms with Gasteiger partial charge in [-0.25, -0.2) is 13.6 Å². The van der Waals surface area contributed by atoms with Gasteiger partial charge in [-0.1, -0.05) is 28.1 Å². The highest BCUT2D eigenvalue weighted by molar-refractivity contribution is 9.10. The largest absolute Gasteiger partial charge is 0.324 e. The Morgan fingerprint density at radius 2 is 1.88 bits per heavy atom. The molecule has 3 N–H and O–H groups in total. The molecule has 0 fully saturated rings. The Bertz CT molecular complexity index is 535. The number of alkyl halides is 1. The molecule has 0 radical (unpaired) electrons. The van der Waals surface area contributed by atoms with Crippen LogP contribution in [0.15, 0.2) is 29.2 Å². The number of carbonyl (C=O) groups is 1. The summed E-state index contributed by atoms with van der Waals surface area (Å²) in [5.74, 6) is -0.353. The topological polar surface area (TPSA) is 89.3 Å². The smallest absolute Gasteiger partial charge is 0.240 e. The standard InChI is InChI=1S/C10H13BrN2O3S/c1-10(2,11)9(14)13-7-5-3-4-6-8(7)17(12,15)16/h3-6H,1-2H3,(H,13,14)(H2,12,15,16). The average molecular weight is 321 g/mol. The quantitative estimate of drug-likeness (QED) is 0.826. The minimum absolute atomic E-state index is 0.106. The third-order valence-corrected chi connectivity index (χ3v) is 3.31. The highest BCUT2D eigenvalue weighted by atomic mass is 79.9. The molecule has 0 heterocycles. The fourth-order valence-corrected chi connectivity index (χ4v) is 1.88. The van der Waals surface area contributed by atoms with E-state index in [4.69, 9.17) is 5.14 Å². The van der Waals surface area contributed by atoms with Crippen LogP contribution in [0.4, 0.5) is 5.69 Å². The maximum Gasteiger partial charge on any atom is 0.240 e. The van der Waals surface area contributed by atoms with Gasteiger partial charge >= 0.3 is 0 Å². The van der Waals surface area contributed by atoms with E-state index in [2.05, 4.69) is 21.2 Å². The van der Waals surface area contributed by atoms with E-state index in [1.165, 1.54) is 18.2 Å². The number of primary sulfonamides is 1. The van der Waals surface area contributed by atoms with Crippen LogP contribution in [0, 0.1) is 0 Å². The van der Waals surface area contributed by atoms with E-state index in [1.54, 1.807) is 19.9 Å². The number of carbonyl (C=O) groups excluding carboxylic acids is 1. The van der Waals surface area contributed by atoms with E-state index < -0.39 is 14.3 Å². The molecule has 0 atom stereocenters. The van der Waals surface area contributed by atoms with E-state index in [-0.39, 0.29) is 16.5 Å². The molecule has 0 aliphatic rings. The molecule has 94 valence electrons. The van der Waals surface area contributed by atoms with Crippen molar-refractivity contribution in [2.75, 3.05) is 5.32 Å². The number of sulfonamides is 1. The number of rotatable bonds is 3. The van der Waals surface area contributed by atoms with Gasteiger partial charge in [-0.3, -0.25) is 4.79 Å². The maximum absolute atomic E-state index is 11.7. The predicted octanol–water partition coefficient (Wildman–Crippen LogP) is 1.45. The SMILES string of the molecule is CC(C)(Br)C(=O)Nc1ccccc1S(N)(=O)=O. The minimum Gasteiger partial charge on any atom is -0.324 e. The summed E-state index contributed by atoms with van der Waals surface area (Å²) in [5, 5.41) is 7.56. The molecule has 17 heavy (non-hydrogen) atoms. The summed E-state index contributed by atoms with van der Waals surface area (Å²) in [4.78, 5) is 11.6. The Hall–Kier alpha value is -0.920. The molecule has 1 aromatic rings. The highest BCUT2D eigenvalue weighted by Gasteiger charge is 2.25. The average Bonchev–Trinajstić information content (AvgIpc) is 2.15. The lowest BCUT2D eigenvalue weighted by atomic mass is 10.2. The van der Waals surface area contributed by atoms with E-state index in [0.717, 1.165) is 0 Å². The van der Waals surface area contributed by atoms with Crippen molar-refractivity contribution in [3.8, 4) is 0 Å². The Labute approximate surface area is 109 Å². The lowest BCUT2D eigenvalue weighted by molar-refractivity contribution is -0.117. The first kappa shape index (κ1) is 14.1. The molecule has 1 amide bonds. The molecule has 0 spiro atoms. The van der Waals surface area contributed by atoms with Gasteiger partial charge in [-0.2, -0.15) is 0 Å². The molecule has 7 heteroatoms. The van der Waals surface area contributed by atoms with Crippen molar-refractivity contribution < 1.29 is 13.2 Å². The maximum atomic E-state index is 11.7. The van der Waals surface area contributed by atoms with E-state index in [0.29, 0.717) is 0 Å². The van der Waals surface area contributed by atoms with E-state index in [9.17, 15) is 13.2 Å². The van der Waals surface area contributed by atoms with Crippen LogP contribution in [0.2, 0.25) is 0 Å². The zero-order valence-electron chi connectivity index (χ0n) is 9.40. The van der Waals surface area contributed by atoms with Crippen molar-refractivity contribution in [2.45, 2.75) is 23.1 Å². The van der Waals surface area contributed by atoms with Crippen molar-refractivity contribution in [1.82, 2.24) is 0 Å². The van der Waals surface area contributed by atoms with Crippen LogP contribution in [0.5, 0.6) is 0 Å². The van der Waals surface area contributed by atoms with Gasteiger partial charge in [0.2, 0.25) is 15.9 Å². The van der Waals surface area contributed by atoms with Crippen molar-refractivity contribution in [1.29, 1.82) is 0 Å². The molecular formula is C10H13BrN2O3S. The number of hydrogen-bond donors (Lipinski definition) is 2. The van der Waals surface area contributed by atoms with Crippen LogP contribution in [-0.4, -0.2) is 18.6 Å². The molecule has 0 bridgehead atoms. The number of anilines is 1. The predicted molar refractivity (Wildman–Crippen MR) is 69.5 cm³/mol. The van der Waals surface area contributed by atoms with Crippen LogP contribution in [0.3, 0.4) is 0 Å². The van der Waals surface area contributed by atoms with Gasteiger partial charge in [0.05, 0.1) is 10.0 Å². The van der Waals surface area contributed by atoms with Crippen molar-refractivity contribution in [3.63, 3.8) is 0 Å². The van der Waals surface area contributed by atoms with Gasteiger partial charge in [0.15, 0.2) is 0 Å². The van der Waals surface area contributed by atoms with Crippen LogP contribution >= 0.6 is 15.9 Å². The molecule has 1 aromatic carbocycles. The van der Waals surface area contributed by atoms with Gasteiger partial charge in [0.1, 0.15) is 4.90 Å². The van der Waals surface area contributed by atoms with E-state index >= 15 is 0 Å². The van der Waals surface area contributed by atoms with Gasteiger partial charge in [0.25, 0.3) is 0 Å². The molecule has 0 aromatic heterocycles. The Balaban J connectivity index is 3.13. The molecule has 0 saturated carbocycles. The number of nitrogens with two attached hydrogens (primary N) is 1. The molecule has 5 nitrogen and oxygen atoms in total. The normalized spacial score (nSPS) is 12.2. The molecule has 0 aliphatic carbocycles. The Kier molecular flexibility index (Phi) is 3.95. The zero-order chi connectivity index (χ0) is 13.3. The zero-order valence-corrected chi connectivity index (χ0v) is 11.8. The van der Waals surface area contributed by atoms with Crippen LogP contribution in [-0.2, 0) is 14.8 Å². The van der Waals surface area contributed by atoms with Gasteiger partial charge in [-0.05, 0) is 26.0 Å². The number of benzene rings is 1. The van der Waals surface area contributed by atoms with Crippen molar-refractivity contribution in [2.24, 2.45) is 5.14 Å². The summed E-state index contributed by atoms with van der Waals surface area (Å²) in [5.41, 5.74) is 0.174. The Morgan fingerprint density at radius 3 is 2.35 bits per heavy atom. The molecule has 1 rings (SSSR count).